The maximum atomic E-state index is 13.1. The molecular formula is C25H29FN4O2S. The Hall–Kier alpha value is -2.42. The standard InChI is InChI=1S/C25H29FN4O2S/c26-18-8-5-16(6-9-18)13-30-12-11-22-20(14-30)24(32)29-25(28-22)33-15-23(31)27-21-10-7-17-3-1-2-4-19(17)21/h1-6,8-9,20-22,25,28H,7,10-15H2,(H,27,31)(H,29,32). The topological polar surface area (TPSA) is 73.5 Å². The van der Waals surface area contributed by atoms with Crippen LogP contribution in [0.25, 0.3) is 0 Å². The molecule has 2 aromatic carbocycles. The molecule has 174 valence electrons. The number of piperidine rings is 1. The van der Waals surface area contributed by atoms with Crippen molar-refractivity contribution in [1.82, 2.24) is 20.9 Å². The van der Waals surface area contributed by atoms with Crippen LogP contribution in [-0.2, 0) is 22.6 Å². The predicted molar refractivity (Wildman–Crippen MR) is 127 cm³/mol. The summed E-state index contributed by atoms with van der Waals surface area (Å²) in [5.74, 6) is -0.0392. The lowest BCUT2D eigenvalue weighted by Gasteiger charge is -2.43. The second kappa shape index (κ2) is 9.83. The fourth-order valence-corrected chi connectivity index (χ4v) is 6.01. The monoisotopic (exact) mass is 468 g/mol. The Morgan fingerprint density at radius 3 is 2.82 bits per heavy atom. The molecule has 33 heavy (non-hydrogen) atoms. The number of likely N-dealkylation sites (tertiary alicyclic amines) is 1. The molecule has 0 spiro atoms. The Kier molecular flexibility index (Phi) is 6.66. The molecule has 2 fully saturated rings. The third-order valence-corrected chi connectivity index (χ3v) is 7.86. The molecule has 4 unspecified atom stereocenters. The number of fused-ring (bicyclic) bond motifs is 2. The molecule has 8 heteroatoms. The highest BCUT2D eigenvalue weighted by Crippen LogP contribution is 2.31. The molecular weight excluding hydrogens is 439 g/mol. The minimum absolute atomic E-state index is 0.00556. The lowest BCUT2D eigenvalue weighted by atomic mass is 9.89. The lowest BCUT2D eigenvalue weighted by molar-refractivity contribution is -0.130. The highest BCUT2D eigenvalue weighted by Gasteiger charge is 2.40. The molecule has 2 heterocycles. The highest BCUT2D eigenvalue weighted by atomic mass is 32.2. The highest BCUT2D eigenvalue weighted by molar-refractivity contribution is 8.00. The van der Waals surface area contributed by atoms with E-state index in [-0.39, 0.29) is 41.1 Å². The number of hydrogen-bond donors (Lipinski definition) is 3. The van der Waals surface area contributed by atoms with Gasteiger partial charge < -0.3 is 10.6 Å². The van der Waals surface area contributed by atoms with Crippen LogP contribution in [0.4, 0.5) is 4.39 Å². The fraction of sp³-hybridized carbons (Fsp3) is 0.440. The molecule has 0 aromatic heterocycles. The second-order valence-electron chi connectivity index (χ2n) is 9.09. The van der Waals surface area contributed by atoms with Crippen molar-refractivity contribution >= 4 is 23.6 Å². The van der Waals surface area contributed by atoms with Crippen molar-refractivity contribution in [3.8, 4) is 0 Å². The smallest absolute Gasteiger partial charge is 0.230 e. The summed E-state index contributed by atoms with van der Waals surface area (Å²) >= 11 is 1.43. The molecule has 4 atom stereocenters. The van der Waals surface area contributed by atoms with Gasteiger partial charge in [-0.25, -0.2) is 4.39 Å². The first-order valence-corrected chi connectivity index (χ1v) is 12.6. The summed E-state index contributed by atoms with van der Waals surface area (Å²) in [6.07, 6.45) is 2.80. The molecule has 2 aliphatic heterocycles. The van der Waals surface area contributed by atoms with Crippen molar-refractivity contribution in [3.63, 3.8) is 0 Å². The van der Waals surface area contributed by atoms with Crippen LogP contribution in [0.5, 0.6) is 0 Å². The van der Waals surface area contributed by atoms with Crippen LogP contribution < -0.4 is 16.0 Å². The summed E-state index contributed by atoms with van der Waals surface area (Å²) in [5.41, 5.74) is 3.32. The fourth-order valence-electron chi connectivity index (χ4n) is 5.14. The summed E-state index contributed by atoms with van der Waals surface area (Å²) in [6, 6.07) is 15.0. The van der Waals surface area contributed by atoms with Gasteiger partial charge in [-0.05, 0) is 48.1 Å². The number of amides is 2. The number of thioether (sulfide) groups is 1. The summed E-state index contributed by atoms with van der Waals surface area (Å²) < 4.78 is 13.1. The van der Waals surface area contributed by atoms with Gasteiger partial charge in [0.1, 0.15) is 11.3 Å². The van der Waals surface area contributed by atoms with Gasteiger partial charge in [0.15, 0.2) is 0 Å². The maximum Gasteiger partial charge on any atom is 0.230 e. The number of nitrogens with zero attached hydrogens (tertiary/aromatic N) is 1. The zero-order valence-corrected chi connectivity index (χ0v) is 19.2. The Morgan fingerprint density at radius 2 is 1.97 bits per heavy atom. The van der Waals surface area contributed by atoms with Gasteiger partial charge in [0.25, 0.3) is 0 Å². The van der Waals surface area contributed by atoms with Crippen molar-refractivity contribution in [3.05, 3.63) is 71.0 Å². The average Bonchev–Trinajstić information content (AvgIpc) is 3.22. The van der Waals surface area contributed by atoms with Crippen LogP contribution in [0.1, 0.15) is 35.6 Å². The molecule has 2 amide bonds. The van der Waals surface area contributed by atoms with E-state index in [2.05, 4.69) is 33.0 Å². The van der Waals surface area contributed by atoms with E-state index in [0.717, 1.165) is 31.4 Å². The number of carbonyl (C=O) groups excluding carboxylic acids is 2. The molecule has 3 aliphatic rings. The normalized spacial score (nSPS) is 26.9. The Balaban J connectivity index is 1.09. The third-order valence-electron chi connectivity index (χ3n) is 6.84. The number of halogens is 1. The van der Waals surface area contributed by atoms with Gasteiger partial charge in [0.05, 0.1) is 17.7 Å². The van der Waals surface area contributed by atoms with Gasteiger partial charge in [-0.1, -0.05) is 36.4 Å². The van der Waals surface area contributed by atoms with Crippen LogP contribution in [0.15, 0.2) is 48.5 Å². The summed E-state index contributed by atoms with van der Waals surface area (Å²) in [6.45, 7) is 2.25. The van der Waals surface area contributed by atoms with E-state index in [4.69, 9.17) is 0 Å². The molecule has 2 aromatic rings. The molecule has 1 aliphatic carbocycles. The van der Waals surface area contributed by atoms with Gasteiger partial charge in [0.2, 0.25) is 11.8 Å². The summed E-state index contributed by atoms with van der Waals surface area (Å²) in [4.78, 5) is 27.6. The molecule has 0 saturated carbocycles. The zero-order chi connectivity index (χ0) is 22.8. The van der Waals surface area contributed by atoms with Crippen LogP contribution in [0, 0.1) is 11.7 Å². The van der Waals surface area contributed by atoms with E-state index in [1.54, 1.807) is 12.1 Å². The molecule has 3 N–H and O–H groups in total. The first kappa shape index (κ1) is 22.4. The van der Waals surface area contributed by atoms with E-state index < -0.39 is 0 Å². The SMILES string of the molecule is O=C(CSC1NC(=O)C2CN(Cc3ccc(F)cc3)CCC2N1)NC1CCc2ccccc21. The summed E-state index contributed by atoms with van der Waals surface area (Å²) in [5, 5.41) is 9.69. The number of rotatable bonds is 6. The Bertz CT molecular complexity index is 1020. The number of hydrogen-bond acceptors (Lipinski definition) is 5. The number of benzene rings is 2. The second-order valence-corrected chi connectivity index (χ2v) is 10.2. The van der Waals surface area contributed by atoms with Crippen molar-refractivity contribution in [1.29, 1.82) is 0 Å². The number of nitrogens with one attached hydrogen (secondary N) is 3. The average molecular weight is 469 g/mol. The van der Waals surface area contributed by atoms with Gasteiger partial charge in [-0.3, -0.25) is 19.8 Å². The maximum absolute atomic E-state index is 13.1. The van der Waals surface area contributed by atoms with Crippen molar-refractivity contribution in [2.24, 2.45) is 5.92 Å². The largest absolute Gasteiger partial charge is 0.349 e. The molecule has 0 radical (unpaired) electrons. The lowest BCUT2D eigenvalue weighted by Crippen LogP contribution is -2.64. The first-order chi connectivity index (χ1) is 16.0. The Morgan fingerprint density at radius 1 is 1.15 bits per heavy atom. The number of carbonyl (C=O) groups is 2. The first-order valence-electron chi connectivity index (χ1n) is 11.6. The van der Waals surface area contributed by atoms with Crippen molar-refractivity contribution in [2.75, 3.05) is 18.8 Å². The van der Waals surface area contributed by atoms with Crippen LogP contribution in [-0.4, -0.2) is 47.1 Å². The van der Waals surface area contributed by atoms with Crippen molar-refractivity contribution in [2.45, 2.75) is 43.4 Å². The molecule has 5 rings (SSSR count). The van der Waals surface area contributed by atoms with E-state index in [9.17, 15) is 14.0 Å². The quantitative estimate of drug-likeness (QED) is 0.608. The van der Waals surface area contributed by atoms with Crippen LogP contribution in [0.2, 0.25) is 0 Å². The van der Waals surface area contributed by atoms with Gasteiger partial charge in [-0.15, -0.1) is 11.8 Å². The Labute approximate surface area is 197 Å². The van der Waals surface area contributed by atoms with Gasteiger partial charge >= 0.3 is 0 Å². The van der Waals surface area contributed by atoms with E-state index in [1.165, 1.54) is 35.0 Å². The minimum Gasteiger partial charge on any atom is -0.349 e. The third kappa shape index (κ3) is 5.23. The van der Waals surface area contributed by atoms with Gasteiger partial charge in [-0.2, -0.15) is 0 Å². The molecule has 6 nitrogen and oxygen atoms in total. The predicted octanol–water partition coefficient (Wildman–Crippen LogP) is 2.56. The van der Waals surface area contributed by atoms with E-state index in [0.29, 0.717) is 18.8 Å². The van der Waals surface area contributed by atoms with Crippen LogP contribution >= 0.6 is 11.8 Å². The minimum atomic E-state index is -0.260. The van der Waals surface area contributed by atoms with Gasteiger partial charge in [0, 0.05) is 25.7 Å². The van der Waals surface area contributed by atoms with E-state index in [1.807, 2.05) is 12.1 Å². The molecule has 0 bridgehead atoms. The van der Waals surface area contributed by atoms with E-state index >= 15 is 0 Å². The summed E-state index contributed by atoms with van der Waals surface area (Å²) in [7, 11) is 0. The van der Waals surface area contributed by atoms with Crippen LogP contribution in [0.3, 0.4) is 0 Å². The zero-order valence-electron chi connectivity index (χ0n) is 18.4. The number of aryl methyl sites for hydroxylation is 1. The molecule has 2 saturated heterocycles. The van der Waals surface area contributed by atoms with Crippen molar-refractivity contribution < 1.29 is 14.0 Å².